The number of nitrogens with zero attached hydrogens (tertiary/aromatic N) is 2. The lowest BCUT2D eigenvalue weighted by molar-refractivity contribution is 0.0353. The van der Waals surface area contributed by atoms with Gasteiger partial charge in [-0.2, -0.15) is 0 Å². The molecule has 2 fully saturated rings. The van der Waals surface area contributed by atoms with Gasteiger partial charge in [-0.25, -0.2) is 0 Å². The summed E-state index contributed by atoms with van der Waals surface area (Å²) in [5.74, 6) is 2.50. The van der Waals surface area contributed by atoms with E-state index < -0.39 is 0 Å². The maximum Gasteiger partial charge on any atom is 0.0331 e. The molecule has 0 aromatic rings. The highest BCUT2D eigenvalue weighted by Gasteiger charge is 2.40. The second kappa shape index (κ2) is 6.76. The Balaban J connectivity index is 1.98. The minimum atomic E-state index is 0.272. The van der Waals surface area contributed by atoms with E-state index in [9.17, 15) is 0 Å². The van der Waals surface area contributed by atoms with Gasteiger partial charge >= 0.3 is 0 Å². The summed E-state index contributed by atoms with van der Waals surface area (Å²) < 4.78 is 0. The zero-order valence-electron chi connectivity index (χ0n) is 14.1. The first kappa shape index (κ1) is 16.3. The molecular formula is C17H35N3. The van der Waals surface area contributed by atoms with Crippen LogP contribution >= 0.6 is 0 Å². The van der Waals surface area contributed by atoms with Crippen LogP contribution < -0.4 is 5.73 Å². The SMILES string of the molecule is CC(C)C1CCCC(CN)(N(C)CC2CCN(C)C2)C1. The van der Waals surface area contributed by atoms with E-state index in [4.69, 9.17) is 5.73 Å². The van der Waals surface area contributed by atoms with Gasteiger partial charge in [0.2, 0.25) is 0 Å². The molecule has 2 rings (SSSR count). The fraction of sp³-hybridized carbons (Fsp3) is 1.00. The van der Waals surface area contributed by atoms with Crippen molar-refractivity contribution in [2.45, 2.75) is 51.5 Å². The summed E-state index contributed by atoms with van der Waals surface area (Å²) in [5, 5.41) is 0. The van der Waals surface area contributed by atoms with Crippen LogP contribution in [0.15, 0.2) is 0 Å². The lowest BCUT2D eigenvalue weighted by atomic mass is 9.71. The van der Waals surface area contributed by atoms with Crippen LogP contribution in [0.1, 0.15) is 46.0 Å². The Morgan fingerprint density at radius 3 is 2.65 bits per heavy atom. The zero-order valence-corrected chi connectivity index (χ0v) is 14.1. The lowest BCUT2D eigenvalue weighted by Crippen LogP contribution is -2.56. The van der Waals surface area contributed by atoms with E-state index >= 15 is 0 Å². The summed E-state index contributed by atoms with van der Waals surface area (Å²) in [4.78, 5) is 5.09. The smallest absolute Gasteiger partial charge is 0.0331 e. The molecule has 118 valence electrons. The summed E-state index contributed by atoms with van der Waals surface area (Å²) in [6.45, 7) is 9.34. The van der Waals surface area contributed by atoms with E-state index in [0.29, 0.717) is 0 Å². The Bertz CT molecular complexity index is 305. The predicted molar refractivity (Wildman–Crippen MR) is 86.8 cm³/mol. The van der Waals surface area contributed by atoms with Crippen molar-refractivity contribution >= 4 is 0 Å². The minimum Gasteiger partial charge on any atom is -0.329 e. The normalized spacial score (nSPS) is 36.1. The van der Waals surface area contributed by atoms with Crippen molar-refractivity contribution in [3.05, 3.63) is 0 Å². The highest BCUT2D eigenvalue weighted by atomic mass is 15.2. The number of hydrogen-bond donors (Lipinski definition) is 1. The summed E-state index contributed by atoms with van der Waals surface area (Å²) in [6, 6.07) is 0. The van der Waals surface area contributed by atoms with Gasteiger partial charge in [0.25, 0.3) is 0 Å². The lowest BCUT2D eigenvalue weighted by Gasteiger charge is -2.48. The van der Waals surface area contributed by atoms with Gasteiger partial charge in [-0.05, 0) is 57.7 Å². The minimum absolute atomic E-state index is 0.272. The summed E-state index contributed by atoms with van der Waals surface area (Å²) in [5.41, 5.74) is 6.52. The Hall–Kier alpha value is -0.120. The number of likely N-dealkylation sites (N-methyl/N-ethyl adjacent to an activating group) is 1. The third-order valence-corrected chi connectivity index (χ3v) is 6.01. The molecule has 1 aliphatic carbocycles. The molecule has 0 radical (unpaired) electrons. The van der Waals surface area contributed by atoms with Crippen LogP contribution in [-0.2, 0) is 0 Å². The number of nitrogens with two attached hydrogens (primary N) is 1. The summed E-state index contributed by atoms with van der Waals surface area (Å²) in [6.07, 6.45) is 6.72. The Labute approximate surface area is 125 Å². The van der Waals surface area contributed by atoms with Crippen LogP contribution in [0.4, 0.5) is 0 Å². The molecule has 1 aliphatic heterocycles. The van der Waals surface area contributed by atoms with Crippen molar-refractivity contribution in [3.63, 3.8) is 0 Å². The predicted octanol–water partition coefficient (Wildman–Crippen LogP) is 2.41. The Morgan fingerprint density at radius 1 is 1.35 bits per heavy atom. The molecular weight excluding hydrogens is 246 g/mol. The van der Waals surface area contributed by atoms with Gasteiger partial charge < -0.3 is 10.6 Å². The van der Waals surface area contributed by atoms with Crippen LogP contribution in [0.5, 0.6) is 0 Å². The number of hydrogen-bond acceptors (Lipinski definition) is 3. The van der Waals surface area contributed by atoms with Crippen molar-refractivity contribution < 1.29 is 0 Å². The number of rotatable bonds is 5. The molecule has 1 heterocycles. The fourth-order valence-corrected chi connectivity index (χ4v) is 4.40. The second-order valence-electron chi connectivity index (χ2n) is 7.83. The van der Waals surface area contributed by atoms with Crippen molar-refractivity contribution in [1.82, 2.24) is 9.80 Å². The standard InChI is InChI=1S/C17H35N3/c1-14(2)16-6-5-8-17(10-16,13-18)20(4)12-15-7-9-19(3)11-15/h14-16H,5-13,18H2,1-4H3. The quantitative estimate of drug-likeness (QED) is 0.840. The molecule has 2 N–H and O–H groups in total. The van der Waals surface area contributed by atoms with Crippen molar-refractivity contribution in [2.24, 2.45) is 23.5 Å². The van der Waals surface area contributed by atoms with Gasteiger partial charge in [-0.3, -0.25) is 4.90 Å². The Kier molecular flexibility index (Phi) is 5.49. The first-order chi connectivity index (χ1) is 9.47. The molecule has 3 atom stereocenters. The van der Waals surface area contributed by atoms with Crippen LogP contribution in [0.25, 0.3) is 0 Å². The fourth-order valence-electron chi connectivity index (χ4n) is 4.40. The van der Waals surface area contributed by atoms with Crippen LogP contribution in [0.3, 0.4) is 0 Å². The van der Waals surface area contributed by atoms with E-state index in [0.717, 1.165) is 24.3 Å². The van der Waals surface area contributed by atoms with Crippen LogP contribution in [0.2, 0.25) is 0 Å². The average molecular weight is 281 g/mol. The molecule has 1 saturated carbocycles. The maximum absolute atomic E-state index is 6.25. The molecule has 3 heteroatoms. The largest absolute Gasteiger partial charge is 0.329 e. The molecule has 3 nitrogen and oxygen atoms in total. The highest BCUT2D eigenvalue weighted by molar-refractivity contribution is 4.97. The third-order valence-electron chi connectivity index (χ3n) is 6.01. The topological polar surface area (TPSA) is 32.5 Å². The maximum atomic E-state index is 6.25. The zero-order chi connectivity index (χ0) is 14.8. The molecule has 2 aliphatic rings. The molecule has 0 bridgehead atoms. The first-order valence-corrected chi connectivity index (χ1v) is 8.56. The van der Waals surface area contributed by atoms with Gasteiger partial charge in [0, 0.05) is 25.2 Å². The van der Waals surface area contributed by atoms with Gasteiger partial charge in [-0.15, -0.1) is 0 Å². The van der Waals surface area contributed by atoms with Gasteiger partial charge in [0.05, 0.1) is 0 Å². The van der Waals surface area contributed by atoms with E-state index in [1.165, 1.54) is 51.7 Å². The highest BCUT2D eigenvalue weighted by Crippen LogP contribution is 2.39. The first-order valence-electron chi connectivity index (χ1n) is 8.56. The molecule has 0 amide bonds. The molecule has 3 unspecified atom stereocenters. The molecule has 0 aromatic heterocycles. The average Bonchev–Trinajstić information content (AvgIpc) is 2.84. The molecule has 1 saturated heterocycles. The van der Waals surface area contributed by atoms with Crippen LogP contribution in [0, 0.1) is 17.8 Å². The number of likely N-dealkylation sites (tertiary alicyclic amines) is 1. The van der Waals surface area contributed by atoms with Crippen molar-refractivity contribution in [3.8, 4) is 0 Å². The Morgan fingerprint density at radius 2 is 2.10 bits per heavy atom. The van der Waals surface area contributed by atoms with E-state index in [2.05, 4.69) is 37.7 Å². The third kappa shape index (κ3) is 3.55. The summed E-state index contributed by atoms with van der Waals surface area (Å²) >= 11 is 0. The van der Waals surface area contributed by atoms with Crippen molar-refractivity contribution in [1.29, 1.82) is 0 Å². The van der Waals surface area contributed by atoms with Gasteiger partial charge in [0.1, 0.15) is 0 Å². The molecule has 0 spiro atoms. The van der Waals surface area contributed by atoms with E-state index in [1.54, 1.807) is 0 Å². The van der Waals surface area contributed by atoms with E-state index in [-0.39, 0.29) is 5.54 Å². The van der Waals surface area contributed by atoms with Crippen molar-refractivity contribution in [2.75, 3.05) is 40.3 Å². The van der Waals surface area contributed by atoms with E-state index in [1.807, 2.05) is 0 Å². The second-order valence-corrected chi connectivity index (χ2v) is 7.83. The molecule has 20 heavy (non-hydrogen) atoms. The van der Waals surface area contributed by atoms with Gasteiger partial charge in [-0.1, -0.05) is 26.7 Å². The monoisotopic (exact) mass is 281 g/mol. The van der Waals surface area contributed by atoms with Gasteiger partial charge in [0.15, 0.2) is 0 Å². The van der Waals surface area contributed by atoms with Crippen LogP contribution in [-0.4, -0.2) is 55.6 Å². The summed E-state index contributed by atoms with van der Waals surface area (Å²) in [7, 11) is 4.57. The molecule has 0 aromatic carbocycles.